The molecule has 0 bridgehead atoms. The highest BCUT2D eigenvalue weighted by Crippen LogP contribution is 2.36. The van der Waals surface area contributed by atoms with E-state index in [1.165, 1.54) is 30.6 Å². The minimum Gasteiger partial charge on any atom is -0.378 e. The van der Waals surface area contributed by atoms with Gasteiger partial charge in [0.05, 0.1) is 6.10 Å². The largest absolute Gasteiger partial charge is 0.378 e. The second-order valence-electron chi connectivity index (χ2n) is 8.15. The van der Waals surface area contributed by atoms with Crippen LogP contribution in [0.2, 0.25) is 0 Å². The Kier molecular flexibility index (Phi) is 7.80. The summed E-state index contributed by atoms with van der Waals surface area (Å²) in [5.74, 6) is 0.727. The van der Waals surface area contributed by atoms with Crippen molar-refractivity contribution >= 4 is 0 Å². The van der Waals surface area contributed by atoms with E-state index in [1.807, 2.05) is 18.2 Å². The van der Waals surface area contributed by atoms with Crippen LogP contribution in [0.1, 0.15) is 62.8 Å². The normalized spacial score (nSPS) is 29.0. The summed E-state index contributed by atoms with van der Waals surface area (Å²) in [6, 6.07) is 8.45. The number of nitrogens with zero attached hydrogens (tertiary/aromatic N) is 1. The molecule has 0 N–H and O–H groups in total. The van der Waals surface area contributed by atoms with Crippen molar-refractivity contribution < 1.29 is 13.5 Å². The number of hydrogen-bond acceptors (Lipinski definition) is 2. The van der Waals surface area contributed by atoms with Crippen LogP contribution in [-0.2, 0) is 4.74 Å². The maximum absolute atomic E-state index is 13.1. The molecule has 2 fully saturated rings. The molecule has 0 aliphatic heterocycles. The first kappa shape index (κ1) is 20.7. The molecular formula is C24H29F2NO. The average molecular weight is 385 g/mol. The Bertz CT molecular complexity index is 703. The predicted octanol–water partition coefficient (Wildman–Crippen LogP) is 6.61. The lowest BCUT2D eigenvalue weighted by Gasteiger charge is -2.32. The van der Waals surface area contributed by atoms with E-state index >= 15 is 0 Å². The number of nitriles is 1. The summed E-state index contributed by atoms with van der Waals surface area (Å²) in [7, 11) is 0. The van der Waals surface area contributed by atoms with Gasteiger partial charge in [0.25, 0.3) is 0 Å². The molecular weight excluding hydrogens is 356 g/mol. The molecule has 3 rings (SSSR count). The maximum Gasteiger partial charge on any atom is 0.199 e. The highest BCUT2D eigenvalue weighted by Gasteiger charge is 2.25. The quantitative estimate of drug-likeness (QED) is 0.408. The second kappa shape index (κ2) is 10.5. The van der Waals surface area contributed by atoms with Crippen molar-refractivity contribution in [2.24, 2.45) is 11.8 Å². The highest BCUT2D eigenvalue weighted by atomic mass is 19.1. The van der Waals surface area contributed by atoms with Crippen LogP contribution in [0.15, 0.2) is 48.3 Å². The molecule has 150 valence electrons. The van der Waals surface area contributed by atoms with Gasteiger partial charge in [-0.25, -0.2) is 4.39 Å². The van der Waals surface area contributed by atoms with Crippen molar-refractivity contribution in [3.05, 3.63) is 59.7 Å². The summed E-state index contributed by atoms with van der Waals surface area (Å²) in [6.45, 7) is 0.845. The smallest absolute Gasteiger partial charge is 0.199 e. The zero-order valence-electron chi connectivity index (χ0n) is 16.3. The Morgan fingerprint density at radius 2 is 1.71 bits per heavy atom. The molecule has 1 aromatic carbocycles. The Morgan fingerprint density at radius 3 is 2.36 bits per heavy atom. The Morgan fingerprint density at radius 1 is 1.04 bits per heavy atom. The van der Waals surface area contributed by atoms with Gasteiger partial charge in [-0.2, -0.15) is 9.65 Å². The molecule has 0 atom stereocenters. The number of halogens is 2. The molecule has 1 aromatic rings. The van der Waals surface area contributed by atoms with Crippen molar-refractivity contribution in [3.63, 3.8) is 0 Å². The number of allylic oxidation sites excluding steroid dienone is 4. The summed E-state index contributed by atoms with van der Waals surface area (Å²) in [5, 5.41) is 8.40. The van der Waals surface area contributed by atoms with Crippen molar-refractivity contribution in [2.75, 3.05) is 6.61 Å². The van der Waals surface area contributed by atoms with Crippen LogP contribution in [0, 0.1) is 29.0 Å². The standard InChI is InChI=1S/C24H29F2NO/c25-22-12-10-21(11-13-22)20-8-4-19(5-9-20)17-28-24-14-6-18(7-15-24)2-1-3-23(26)16-27/h1-3,10-13,18-20,24H,4-9,14-15,17H2/t18-,19-,20-,24-. The second-order valence-corrected chi connectivity index (χ2v) is 8.15. The molecule has 0 radical (unpaired) electrons. The van der Waals surface area contributed by atoms with E-state index in [0.29, 0.717) is 23.9 Å². The summed E-state index contributed by atoms with van der Waals surface area (Å²) >= 11 is 0. The molecule has 4 heteroatoms. The zero-order chi connectivity index (χ0) is 19.8. The van der Waals surface area contributed by atoms with Gasteiger partial charge in [0.15, 0.2) is 5.83 Å². The molecule has 0 spiro atoms. The highest BCUT2D eigenvalue weighted by molar-refractivity contribution is 5.21. The van der Waals surface area contributed by atoms with Crippen LogP contribution in [0.3, 0.4) is 0 Å². The third-order valence-electron chi connectivity index (χ3n) is 6.21. The summed E-state index contributed by atoms with van der Waals surface area (Å²) in [5.41, 5.74) is 1.26. The first-order chi connectivity index (χ1) is 13.6. The lowest BCUT2D eigenvalue weighted by molar-refractivity contribution is -0.00456. The Balaban J connectivity index is 1.33. The fourth-order valence-corrected chi connectivity index (χ4v) is 4.45. The minimum absolute atomic E-state index is 0.165. The van der Waals surface area contributed by atoms with Gasteiger partial charge in [-0.1, -0.05) is 24.3 Å². The first-order valence-corrected chi connectivity index (χ1v) is 10.4. The van der Waals surface area contributed by atoms with Crippen LogP contribution >= 0.6 is 0 Å². The first-order valence-electron chi connectivity index (χ1n) is 10.4. The monoisotopic (exact) mass is 385 g/mol. The minimum atomic E-state index is -0.748. The summed E-state index contributed by atoms with van der Waals surface area (Å²) in [4.78, 5) is 0. The SMILES string of the molecule is N#CC(F)=CC=C[C@H]1CC[C@H](OC[C@H]2CC[C@H](c3ccc(F)cc3)CC2)CC1. The molecule has 0 heterocycles. The topological polar surface area (TPSA) is 33.0 Å². The van der Waals surface area contributed by atoms with Gasteiger partial charge in [-0.05, 0) is 92.9 Å². The van der Waals surface area contributed by atoms with E-state index in [4.69, 9.17) is 10.00 Å². The van der Waals surface area contributed by atoms with Crippen molar-refractivity contribution in [3.8, 4) is 6.07 Å². The molecule has 28 heavy (non-hydrogen) atoms. The van der Waals surface area contributed by atoms with Gasteiger partial charge >= 0.3 is 0 Å². The molecule has 0 saturated heterocycles. The van der Waals surface area contributed by atoms with Crippen LogP contribution in [-0.4, -0.2) is 12.7 Å². The van der Waals surface area contributed by atoms with Crippen LogP contribution < -0.4 is 0 Å². The van der Waals surface area contributed by atoms with Gasteiger partial charge in [0.2, 0.25) is 0 Å². The van der Waals surface area contributed by atoms with Crippen LogP contribution in [0.25, 0.3) is 0 Å². The van der Waals surface area contributed by atoms with Crippen LogP contribution in [0.4, 0.5) is 8.78 Å². The van der Waals surface area contributed by atoms with E-state index in [1.54, 1.807) is 18.2 Å². The van der Waals surface area contributed by atoms with Crippen molar-refractivity contribution in [1.82, 2.24) is 0 Å². The summed E-state index contributed by atoms with van der Waals surface area (Å²) in [6.07, 6.45) is 14.1. The average Bonchev–Trinajstić information content (AvgIpc) is 2.74. The lowest BCUT2D eigenvalue weighted by Crippen LogP contribution is -2.25. The van der Waals surface area contributed by atoms with E-state index in [2.05, 4.69) is 0 Å². The van der Waals surface area contributed by atoms with E-state index in [-0.39, 0.29) is 5.82 Å². The third kappa shape index (κ3) is 6.27. The van der Waals surface area contributed by atoms with E-state index < -0.39 is 5.83 Å². The number of hydrogen-bond donors (Lipinski definition) is 0. The van der Waals surface area contributed by atoms with E-state index in [9.17, 15) is 8.78 Å². The number of benzene rings is 1. The molecule has 2 saturated carbocycles. The van der Waals surface area contributed by atoms with Gasteiger partial charge in [-0.15, -0.1) is 0 Å². The van der Waals surface area contributed by atoms with Gasteiger partial charge in [0.1, 0.15) is 11.9 Å². The molecule has 0 unspecified atom stereocenters. The van der Waals surface area contributed by atoms with Gasteiger partial charge in [0, 0.05) is 6.61 Å². The van der Waals surface area contributed by atoms with Gasteiger partial charge in [-0.3, -0.25) is 0 Å². The fourth-order valence-electron chi connectivity index (χ4n) is 4.45. The molecule has 2 nitrogen and oxygen atoms in total. The number of rotatable bonds is 6. The Hall–Kier alpha value is -1.99. The van der Waals surface area contributed by atoms with E-state index in [0.717, 1.165) is 45.1 Å². The van der Waals surface area contributed by atoms with Crippen LogP contribution in [0.5, 0.6) is 0 Å². The van der Waals surface area contributed by atoms with Crippen molar-refractivity contribution in [1.29, 1.82) is 5.26 Å². The number of ether oxygens (including phenoxy) is 1. The zero-order valence-corrected chi connectivity index (χ0v) is 16.3. The Labute approximate surface area is 166 Å². The lowest BCUT2D eigenvalue weighted by atomic mass is 9.79. The molecule has 2 aliphatic carbocycles. The maximum atomic E-state index is 13.1. The fraction of sp³-hybridized carbons (Fsp3) is 0.542. The third-order valence-corrected chi connectivity index (χ3v) is 6.21. The predicted molar refractivity (Wildman–Crippen MR) is 107 cm³/mol. The molecule has 0 amide bonds. The van der Waals surface area contributed by atoms with Crippen molar-refractivity contribution in [2.45, 2.75) is 63.4 Å². The molecule has 0 aromatic heterocycles. The molecule has 2 aliphatic rings. The summed E-state index contributed by atoms with van der Waals surface area (Å²) < 4.78 is 32.1. The van der Waals surface area contributed by atoms with Gasteiger partial charge < -0.3 is 4.74 Å².